The number of aliphatic hydroxyl groups excluding tert-OH is 1. The van der Waals surface area contributed by atoms with Crippen LogP contribution in [-0.4, -0.2) is 26.7 Å². The van der Waals surface area contributed by atoms with Crippen molar-refractivity contribution in [3.8, 4) is 6.07 Å². The van der Waals surface area contributed by atoms with Gasteiger partial charge >= 0.3 is 0 Å². The molecule has 0 bridgehead atoms. The molecule has 14 heavy (non-hydrogen) atoms. The lowest BCUT2D eigenvalue weighted by atomic mass is 10.3. The topological polar surface area (TPSA) is 61.8 Å². The van der Waals surface area contributed by atoms with Gasteiger partial charge in [-0.25, -0.2) is 0 Å². The molecule has 0 radical (unpaired) electrons. The Hall–Kier alpha value is -0.990. The summed E-state index contributed by atoms with van der Waals surface area (Å²) in [5, 5.41) is 22.9. The van der Waals surface area contributed by atoms with Gasteiger partial charge < -0.3 is 5.11 Å². The Labute approximate surface area is 87.5 Å². The van der Waals surface area contributed by atoms with Crippen molar-refractivity contribution in [2.24, 2.45) is 7.05 Å². The molecule has 1 N–H and O–H groups in total. The van der Waals surface area contributed by atoms with E-state index in [2.05, 4.69) is 11.2 Å². The highest BCUT2D eigenvalue weighted by Crippen LogP contribution is 2.27. The van der Waals surface area contributed by atoms with E-state index in [1.54, 1.807) is 11.7 Å². The van der Waals surface area contributed by atoms with Gasteiger partial charge in [0.1, 0.15) is 16.7 Å². The molecular weight excluding hydrogens is 198 g/mol. The lowest BCUT2D eigenvalue weighted by molar-refractivity contribution is 0.300. The third kappa shape index (κ3) is 2.08. The molecule has 0 aliphatic heterocycles. The number of aromatic nitrogens is 2. The number of hydrogen-bond donors (Lipinski definition) is 1. The van der Waals surface area contributed by atoms with Crippen LogP contribution < -0.4 is 0 Å². The SMILES string of the molecule is Cc1nn(C)c(SC(C)CO)c1C#N. The first-order valence-electron chi connectivity index (χ1n) is 4.31. The zero-order valence-corrected chi connectivity index (χ0v) is 9.30. The summed E-state index contributed by atoms with van der Waals surface area (Å²) in [5.41, 5.74) is 1.35. The Kier molecular flexibility index (Phi) is 3.55. The van der Waals surface area contributed by atoms with Crippen LogP contribution in [0.25, 0.3) is 0 Å². The molecule has 0 spiro atoms. The molecular formula is C9H13N3OS. The molecule has 0 aliphatic rings. The van der Waals surface area contributed by atoms with Gasteiger partial charge in [-0.05, 0) is 6.92 Å². The van der Waals surface area contributed by atoms with E-state index in [0.29, 0.717) is 5.56 Å². The molecule has 0 saturated carbocycles. The van der Waals surface area contributed by atoms with E-state index in [1.165, 1.54) is 11.8 Å². The van der Waals surface area contributed by atoms with Gasteiger partial charge in [-0.2, -0.15) is 10.4 Å². The molecule has 1 rings (SSSR count). The molecule has 0 aromatic carbocycles. The maximum atomic E-state index is 8.92. The van der Waals surface area contributed by atoms with E-state index < -0.39 is 0 Å². The maximum Gasteiger partial charge on any atom is 0.112 e. The summed E-state index contributed by atoms with van der Waals surface area (Å²) in [4.78, 5) is 0. The molecule has 1 unspecified atom stereocenters. The van der Waals surface area contributed by atoms with Gasteiger partial charge in [-0.15, -0.1) is 0 Å². The van der Waals surface area contributed by atoms with Crippen LogP contribution in [0.3, 0.4) is 0 Å². The molecule has 0 fully saturated rings. The average Bonchev–Trinajstić information content (AvgIpc) is 2.41. The highest BCUT2D eigenvalue weighted by Gasteiger charge is 2.15. The molecule has 5 heteroatoms. The minimum atomic E-state index is 0.0805. The number of aliphatic hydroxyl groups is 1. The lowest BCUT2D eigenvalue weighted by Gasteiger charge is -2.07. The molecule has 4 nitrogen and oxygen atoms in total. The standard InChI is InChI=1S/C9H13N3OS/c1-6(5-13)14-9-8(4-10)7(2)11-12(9)3/h6,13H,5H2,1-3H3. The second-order valence-corrected chi connectivity index (χ2v) is 4.54. The average molecular weight is 211 g/mol. The fourth-order valence-corrected chi connectivity index (χ4v) is 2.09. The summed E-state index contributed by atoms with van der Waals surface area (Å²) < 4.78 is 1.69. The fraction of sp³-hybridized carbons (Fsp3) is 0.556. The number of aryl methyl sites for hydroxylation is 2. The number of nitrogens with zero attached hydrogens (tertiary/aromatic N) is 3. The highest BCUT2D eigenvalue weighted by atomic mass is 32.2. The van der Waals surface area contributed by atoms with Crippen LogP contribution in [0, 0.1) is 18.3 Å². The van der Waals surface area contributed by atoms with Crippen molar-refractivity contribution in [1.82, 2.24) is 9.78 Å². The molecule has 1 heterocycles. The van der Waals surface area contributed by atoms with E-state index in [4.69, 9.17) is 10.4 Å². The van der Waals surface area contributed by atoms with Crippen molar-refractivity contribution in [1.29, 1.82) is 5.26 Å². The van der Waals surface area contributed by atoms with Crippen molar-refractivity contribution in [3.63, 3.8) is 0 Å². The quantitative estimate of drug-likeness (QED) is 0.760. The molecule has 0 saturated heterocycles. The molecule has 0 aliphatic carbocycles. The number of nitriles is 1. The summed E-state index contributed by atoms with van der Waals surface area (Å²) >= 11 is 1.47. The van der Waals surface area contributed by atoms with Crippen molar-refractivity contribution in [3.05, 3.63) is 11.3 Å². The third-order valence-corrected chi connectivity index (χ3v) is 3.09. The summed E-state index contributed by atoms with van der Waals surface area (Å²) in [6.07, 6.45) is 0. The smallest absolute Gasteiger partial charge is 0.112 e. The first kappa shape index (κ1) is 11.1. The summed E-state index contributed by atoms with van der Waals surface area (Å²) in [6, 6.07) is 2.13. The molecule has 0 amide bonds. The zero-order valence-electron chi connectivity index (χ0n) is 8.48. The van der Waals surface area contributed by atoms with Crippen molar-refractivity contribution >= 4 is 11.8 Å². The van der Waals surface area contributed by atoms with Gasteiger partial charge in [0, 0.05) is 12.3 Å². The van der Waals surface area contributed by atoms with Crippen LogP contribution in [-0.2, 0) is 7.05 Å². The normalized spacial score (nSPS) is 12.5. The Morgan fingerprint density at radius 2 is 2.36 bits per heavy atom. The van der Waals surface area contributed by atoms with E-state index in [9.17, 15) is 0 Å². The van der Waals surface area contributed by atoms with Crippen LogP contribution in [0.4, 0.5) is 0 Å². The second kappa shape index (κ2) is 4.49. The molecule has 76 valence electrons. The highest BCUT2D eigenvalue weighted by molar-refractivity contribution is 7.99. The van der Waals surface area contributed by atoms with Crippen LogP contribution >= 0.6 is 11.8 Å². The number of hydrogen-bond acceptors (Lipinski definition) is 4. The van der Waals surface area contributed by atoms with E-state index in [0.717, 1.165) is 10.7 Å². The maximum absolute atomic E-state index is 8.92. The largest absolute Gasteiger partial charge is 0.395 e. The molecule has 1 aromatic heterocycles. The van der Waals surface area contributed by atoms with Crippen LogP contribution in [0.2, 0.25) is 0 Å². The van der Waals surface area contributed by atoms with Crippen LogP contribution in [0.1, 0.15) is 18.2 Å². The molecule has 1 atom stereocenters. The first-order valence-corrected chi connectivity index (χ1v) is 5.19. The van der Waals surface area contributed by atoms with Crippen molar-refractivity contribution < 1.29 is 5.11 Å². The summed E-state index contributed by atoms with van der Waals surface area (Å²) in [5.74, 6) is 0. The van der Waals surface area contributed by atoms with Crippen LogP contribution in [0.15, 0.2) is 5.03 Å². The molecule has 1 aromatic rings. The Balaban J connectivity index is 3.02. The van der Waals surface area contributed by atoms with E-state index >= 15 is 0 Å². The monoisotopic (exact) mass is 211 g/mol. The number of thioether (sulfide) groups is 1. The van der Waals surface area contributed by atoms with Crippen molar-refractivity contribution in [2.45, 2.75) is 24.1 Å². The minimum Gasteiger partial charge on any atom is -0.395 e. The Morgan fingerprint density at radius 3 is 2.86 bits per heavy atom. The lowest BCUT2D eigenvalue weighted by Crippen LogP contribution is -2.04. The summed E-state index contributed by atoms with van der Waals surface area (Å²) in [7, 11) is 1.81. The predicted octanol–water partition coefficient (Wildman–Crippen LogP) is 1.07. The van der Waals surface area contributed by atoms with E-state index in [-0.39, 0.29) is 11.9 Å². The zero-order chi connectivity index (χ0) is 10.7. The van der Waals surface area contributed by atoms with Gasteiger partial charge in [0.05, 0.1) is 12.3 Å². The van der Waals surface area contributed by atoms with Gasteiger partial charge in [-0.3, -0.25) is 4.68 Å². The van der Waals surface area contributed by atoms with Gasteiger partial charge in [0.2, 0.25) is 0 Å². The predicted molar refractivity (Wildman–Crippen MR) is 55.1 cm³/mol. The van der Waals surface area contributed by atoms with E-state index in [1.807, 2.05) is 13.8 Å². The van der Waals surface area contributed by atoms with Gasteiger partial charge in [0.25, 0.3) is 0 Å². The van der Waals surface area contributed by atoms with Crippen molar-refractivity contribution in [2.75, 3.05) is 6.61 Å². The minimum absolute atomic E-state index is 0.0805. The fourth-order valence-electron chi connectivity index (χ4n) is 1.13. The first-order chi connectivity index (χ1) is 6.60. The second-order valence-electron chi connectivity index (χ2n) is 3.11. The van der Waals surface area contributed by atoms with Crippen LogP contribution in [0.5, 0.6) is 0 Å². The van der Waals surface area contributed by atoms with Gasteiger partial charge in [-0.1, -0.05) is 18.7 Å². The Bertz CT molecular complexity index is 367. The summed E-state index contributed by atoms with van der Waals surface area (Å²) in [6.45, 7) is 3.82. The third-order valence-electron chi connectivity index (χ3n) is 1.85. The van der Waals surface area contributed by atoms with Gasteiger partial charge in [0.15, 0.2) is 0 Å². The Morgan fingerprint density at radius 1 is 1.71 bits per heavy atom. The number of rotatable bonds is 3.